The first-order valence-electron chi connectivity index (χ1n) is 5.33. The first-order chi connectivity index (χ1) is 9.04. The molecule has 0 aliphatic heterocycles. The molecule has 19 heavy (non-hydrogen) atoms. The summed E-state index contributed by atoms with van der Waals surface area (Å²) in [7, 11) is 0. The fraction of sp³-hybridized carbons (Fsp3) is 0. The molecule has 2 rings (SSSR count). The number of benzene rings is 2. The maximum absolute atomic E-state index is 13.4. The SMILES string of the molecule is Fc1ccc(NC(=S)Nc2ccc(I)cc2)c(F)c1. The summed E-state index contributed by atoms with van der Waals surface area (Å²) in [6, 6.07) is 10.8. The van der Waals surface area contributed by atoms with E-state index < -0.39 is 11.6 Å². The van der Waals surface area contributed by atoms with Crippen LogP contribution < -0.4 is 10.6 Å². The molecule has 2 aromatic carbocycles. The summed E-state index contributed by atoms with van der Waals surface area (Å²) in [5, 5.41) is 5.84. The maximum Gasteiger partial charge on any atom is 0.175 e. The summed E-state index contributed by atoms with van der Waals surface area (Å²) >= 11 is 7.25. The van der Waals surface area contributed by atoms with Crippen LogP contribution in [0.5, 0.6) is 0 Å². The fourth-order valence-electron chi connectivity index (χ4n) is 1.41. The van der Waals surface area contributed by atoms with Crippen LogP contribution in [0, 0.1) is 15.2 Å². The molecule has 0 saturated carbocycles. The summed E-state index contributed by atoms with van der Waals surface area (Å²) < 4.78 is 27.3. The number of anilines is 2. The highest BCUT2D eigenvalue weighted by atomic mass is 127. The van der Waals surface area contributed by atoms with Gasteiger partial charge >= 0.3 is 0 Å². The van der Waals surface area contributed by atoms with E-state index in [-0.39, 0.29) is 10.8 Å². The van der Waals surface area contributed by atoms with Crippen molar-refractivity contribution in [2.24, 2.45) is 0 Å². The third-order valence-electron chi connectivity index (χ3n) is 2.28. The summed E-state index contributed by atoms with van der Waals surface area (Å²) in [5.41, 5.74) is 0.921. The van der Waals surface area contributed by atoms with Gasteiger partial charge in [-0.2, -0.15) is 0 Å². The number of nitrogens with one attached hydrogen (secondary N) is 2. The number of rotatable bonds is 2. The van der Waals surface area contributed by atoms with Crippen LogP contribution in [0.4, 0.5) is 20.2 Å². The average Bonchev–Trinajstić information content (AvgIpc) is 2.36. The lowest BCUT2D eigenvalue weighted by atomic mass is 10.3. The minimum atomic E-state index is -0.688. The lowest BCUT2D eigenvalue weighted by Gasteiger charge is -2.11. The largest absolute Gasteiger partial charge is 0.332 e. The van der Waals surface area contributed by atoms with E-state index in [1.807, 2.05) is 24.3 Å². The molecular formula is C13H9F2IN2S. The molecule has 2 nitrogen and oxygen atoms in total. The number of hydrogen-bond acceptors (Lipinski definition) is 1. The molecule has 0 heterocycles. The van der Waals surface area contributed by atoms with Crippen LogP contribution in [0.1, 0.15) is 0 Å². The molecule has 0 unspecified atom stereocenters. The van der Waals surface area contributed by atoms with Gasteiger partial charge in [-0.15, -0.1) is 0 Å². The van der Waals surface area contributed by atoms with Crippen LogP contribution in [-0.2, 0) is 0 Å². The monoisotopic (exact) mass is 390 g/mol. The Balaban J connectivity index is 2.03. The molecule has 0 amide bonds. The molecule has 0 spiro atoms. The third-order valence-corrected chi connectivity index (χ3v) is 3.20. The van der Waals surface area contributed by atoms with Crippen molar-refractivity contribution in [3.05, 3.63) is 57.7 Å². The van der Waals surface area contributed by atoms with E-state index in [4.69, 9.17) is 12.2 Å². The Kier molecular flexibility index (Phi) is 4.65. The van der Waals surface area contributed by atoms with Crippen LogP contribution in [0.2, 0.25) is 0 Å². The second-order valence-electron chi connectivity index (χ2n) is 3.71. The van der Waals surface area contributed by atoms with Crippen LogP contribution in [0.25, 0.3) is 0 Å². The zero-order valence-electron chi connectivity index (χ0n) is 9.58. The van der Waals surface area contributed by atoms with Gasteiger partial charge in [0.1, 0.15) is 11.6 Å². The first-order valence-corrected chi connectivity index (χ1v) is 6.82. The van der Waals surface area contributed by atoms with Gasteiger partial charge < -0.3 is 10.6 Å². The Morgan fingerprint density at radius 3 is 2.32 bits per heavy atom. The average molecular weight is 390 g/mol. The quantitative estimate of drug-likeness (QED) is 0.588. The van der Waals surface area contributed by atoms with Gasteiger partial charge in [0.05, 0.1) is 5.69 Å². The van der Waals surface area contributed by atoms with Gasteiger partial charge in [-0.1, -0.05) is 0 Å². The molecule has 0 saturated heterocycles. The van der Waals surface area contributed by atoms with Crippen molar-refractivity contribution in [3.8, 4) is 0 Å². The Hall–Kier alpha value is -1.28. The number of halogens is 3. The van der Waals surface area contributed by atoms with E-state index in [1.54, 1.807) is 0 Å². The predicted molar refractivity (Wildman–Crippen MR) is 85.4 cm³/mol. The summed E-state index contributed by atoms with van der Waals surface area (Å²) in [4.78, 5) is 0. The predicted octanol–water partition coefficient (Wildman–Crippen LogP) is 4.38. The second-order valence-corrected chi connectivity index (χ2v) is 5.36. The molecule has 0 radical (unpaired) electrons. The van der Waals surface area contributed by atoms with Crippen molar-refractivity contribution in [2.75, 3.05) is 10.6 Å². The van der Waals surface area contributed by atoms with Crippen LogP contribution in [0.15, 0.2) is 42.5 Å². The lowest BCUT2D eigenvalue weighted by molar-refractivity contribution is 0.586. The van der Waals surface area contributed by atoms with Crippen molar-refractivity contribution in [1.29, 1.82) is 0 Å². The molecule has 0 aliphatic carbocycles. The van der Waals surface area contributed by atoms with Gasteiger partial charge in [-0.05, 0) is 71.2 Å². The summed E-state index contributed by atoms with van der Waals surface area (Å²) in [6.07, 6.45) is 0. The van der Waals surface area contributed by atoms with Crippen molar-refractivity contribution in [3.63, 3.8) is 0 Å². The second kappa shape index (κ2) is 6.25. The van der Waals surface area contributed by atoms with Crippen molar-refractivity contribution in [1.82, 2.24) is 0 Å². The van der Waals surface area contributed by atoms with Gasteiger partial charge in [0.2, 0.25) is 0 Å². The summed E-state index contributed by atoms with van der Waals surface area (Å²) in [5.74, 6) is -1.31. The van der Waals surface area contributed by atoms with Crippen molar-refractivity contribution in [2.45, 2.75) is 0 Å². The lowest BCUT2D eigenvalue weighted by Crippen LogP contribution is -2.19. The van der Waals surface area contributed by atoms with E-state index in [2.05, 4.69) is 33.2 Å². The Labute approximate surface area is 128 Å². The molecule has 6 heteroatoms. The van der Waals surface area contributed by atoms with E-state index in [0.29, 0.717) is 0 Å². The smallest absolute Gasteiger partial charge is 0.175 e. The highest BCUT2D eigenvalue weighted by Gasteiger charge is 2.05. The molecule has 0 bridgehead atoms. The minimum absolute atomic E-state index is 0.129. The fourth-order valence-corrected chi connectivity index (χ4v) is 2.00. The first kappa shape index (κ1) is 14.1. The summed E-state index contributed by atoms with van der Waals surface area (Å²) in [6.45, 7) is 0. The van der Waals surface area contributed by atoms with Gasteiger partial charge in [0.25, 0.3) is 0 Å². The van der Waals surface area contributed by atoms with Gasteiger partial charge in [-0.3, -0.25) is 0 Å². The van der Waals surface area contributed by atoms with Crippen LogP contribution >= 0.6 is 34.8 Å². The topological polar surface area (TPSA) is 24.1 Å². The molecule has 0 aromatic heterocycles. The van der Waals surface area contributed by atoms with Crippen molar-refractivity contribution >= 4 is 51.3 Å². The van der Waals surface area contributed by atoms with E-state index in [0.717, 1.165) is 15.3 Å². The number of thiocarbonyl (C=S) groups is 1. The highest BCUT2D eigenvalue weighted by Crippen LogP contribution is 2.16. The Morgan fingerprint density at radius 2 is 1.68 bits per heavy atom. The highest BCUT2D eigenvalue weighted by molar-refractivity contribution is 14.1. The van der Waals surface area contributed by atoms with Crippen LogP contribution in [-0.4, -0.2) is 5.11 Å². The zero-order valence-corrected chi connectivity index (χ0v) is 12.6. The van der Waals surface area contributed by atoms with E-state index in [9.17, 15) is 8.78 Å². The molecule has 0 fully saturated rings. The molecule has 0 atom stereocenters. The van der Waals surface area contributed by atoms with Gasteiger partial charge in [-0.25, -0.2) is 8.78 Å². The normalized spacial score (nSPS) is 10.1. The Bertz CT molecular complexity index is 602. The van der Waals surface area contributed by atoms with Crippen LogP contribution in [0.3, 0.4) is 0 Å². The van der Waals surface area contributed by atoms with E-state index in [1.165, 1.54) is 12.1 Å². The molecule has 0 aliphatic rings. The molecule has 2 aromatic rings. The Morgan fingerprint density at radius 1 is 1.00 bits per heavy atom. The van der Waals surface area contributed by atoms with Gasteiger partial charge in [0.15, 0.2) is 5.11 Å². The zero-order chi connectivity index (χ0) is 13.8. The van der Waals surface area contributed by atoms with E-state index >= 15 is 0 Å². The van der Waals surface area contributed by atoms with Gasteiger partial charge in [0, 0.05) is 15.3 Å². The standard InChI is InChI=1S/C13H9F2IN2S/c14-8-1-6-12(11(15)7-8)18-13(19)17-10-4-2-9(16)3-5-10/h1-7H,(H2,17,18,19). The minimum Gasteiger partial charge on any atom is -0.332 e. The third kappa shape index (κ3) is 4.10. The maximum atomic E-state index is 13.4. The van der Waals surface area contributed by atoms with Crippen molar-refractivity contribution < 1.29 is 8.78 Å². The number of hydrogen-bond donors (Lipinski definition) is 2. The molecule has 2 N–H and O–H groups in total. The molecular weight excluding hydrogens is 381 g/mol. The molecule has 98 valence electrons.